The van der Waals surface area contributed by atoms with Crippen LogP contribution in [0.3, 0.4) is 0 Å². The lowest BCUT2D eigenvalue weighted by atomic mass is 9.82. The summed E-state index contributed by atoms with van der Waals surface area (Å²) in [5.41, 5.74) is 6.45. The van der Waals surface area contributed by atoms with Gasteiger partial charge in [0.05, 0.1) is 18.6 Å². The smallest absolute Gasteiger partial charge is 0.338 e. The maximum absolute atomic E-state index is 13.5. The molecule has 0 saturated carbocycles. The number of carbonyl (C=O) groups excluding carboxylic acids is 1. The summed E-state index contributed by atoms with van der Waals surface area (Å²) in [6, 6.07) is 7.61. The van der Waals surface area contributed by atoms with E-state index in [0.717, 1.165) is 0 Å². The minimum atomic E-state index is -0.808. The second-order valence-corrected chi connectivity index (χ2v) is 4.66. The fourth-order valence-corrected chi connectivity index (χ4v) is 2.43. The lowest BCUT2D eigenvalue weighted by Gasteiger charge is -2.27. The van der Waals surface area contributed by atoms with Crippen LogP contribution in [0, 0.1) is 17.1 Å². The molecule has 1 heterocycles. The van der Waals surface area contributed by atoms with Gasteiger partial charge in [0.2, 0.25) is 5.88 Å². The first-order valence-corrected chi connectivity index (χ1v) is 6.67. The van der Waals surface area contributed by atoms with Crippen LogP contribution in [0.15, 0.2) is 47.1 Å². The van der Waals surface area contributed by atoms with E-state index in [-0.39, 0.29) is 17.0 Å². The predicted octanol–water partition coefficient (Wildman–Crippen LogP) is 2.47. The molecule has 1 aliphatic heterocycles. The summed E-state index contributed by atoms with van der Waals surface area (Å²) in [5, 5.41) is 9.36. The maximum atomic E-state index is 13.5. The Morgan fingerprint density at radius 1 is 1.55 bits per heavy atom. The van der Waals surface area contributed by atoms with Crippen LogP contribution in [-0.2, 0) is 14.3 Å². The first kappa shape index (κ1) is 15.6. The summed E-state index contributed by atoms with van der Waals surface area (Å²) < 4.78 is 23.7. The van der Waals surface area contributed by atoms with E-state index in [0.29, 0.717) is 17.7 Å². The third-order valence-electron chi connectivity index (χ3n) is 3.41. The molecule has 1 atom stereocenters. The first-order valence-electron chi connectivity index (χ1n) is 6.67. The van der Waals surface area contributed by atoms with E-state index in [1.54, 1.807) is 13.0 Å². The highest BCUT2D eigenvalue weighted by atomic mass is 19.1. The highest BCUT2D eigenvalue weighted by Gasteiger charge is 2.36. The van der Waals surface area contributed by atoms with Gasteiger partial charge in [-0.2, -0.15) is 5.26 Å². The number of methoxy groups -OCH3 is 1. The summed E-state index contributed by atoms with van der Waals surface area (Å²) in [6.07, 6.45) is 0.385. The van der Waals surface area contributed by atoms with E-state index in [1.807, 2.05) is 6.07 Å². The Balaban J connectivity index is 2.69. The van der Waals surface area contributed by atoms with Gasteiger partial charge < -0.3 is 15.2 Å². The zero-order valence-electron chi connectivity index (χ0n) is 12.2. The fraction of sp³-hybridized carbons (Fsp3) is 0.250. The van der Waals surface area contributed by atoms with Crippen molar-refractivity contribution in [2.24, 2.45) is 5.73 Å². The number of hydrogen-bond acceptors (Lipinski definition) is 5. The van der Waals surface area contributed by atoms with Gasteiger partial charge in [0.15, 0.2) is 0 Å². The molecule has 0 radical (unpaired) electrons. The quantitative estimate of drug-likeness (QED) is 0.867. The summed E-state index contributed by atoms with van der Waals surface area (Å²) >= 11 is 0. The van der Waals surface area contributed by atoms with Crippen LogP contribution >= 0.6 is 0 Å². The molecule has 1 aromatic rings. The van der Waals surface area contributed by atoms with Crippen molar-refractivity contribution < 1.29 is 18.7 Å². The van der Waals surface area contributed by atoms with Crippen LogP contribution in [0.4, 0.5) is 4.39 Å². The largest absolute Gasteiger partial charge is 0.466 e. The van der Waals surface area contributed by atoms with E-state index >= 15 is 0 Å². The molecule has 114 valence electrons. The number of nitrogens with two attached hydrogens (primary N) is 1. The van der Waals surface area contributed by atoms with Gasteiger partial charge in [-0.1, -0.05) is 19.1 Å². The summed E-state index contributed by atoms with van der Waals surface area (Å²) in [6.45, 7) is 1.78. The van der Waals surface area contributed by atoms with Crippen LogP contribution in [-0.4, -0.2) is 13.1 Å². The van der Waals surface area contributed by atoms with Crippen LogP contribution in [0.25, 0.3) is 0 Å². The Hall–Kier alpha value is -2.81. The van der Waals surface area contributed by atoms with Crippen molar-refractivity contribution in [1.29, 1.82) is 5.26 Å². The Bertz CT molecular complexity index is 716. The van der Waals surface area contributed by atoms with Crippen molar-refractivity contribution in [3.63, 3.8) is 0 Å². The van der Waals surface area contributed by atoms with Crippen LogP contribution in [0.1, 0.15) is 24.8 Å². The Morgan fingerprint density at radius 3 is 2.82 bits per heavy atom. The topological polar surface area (TPSA) is 85.3 Å². The molecule has 0 aliphatic carbocycles. The molecule has 5 nitrogen and oxygen atoms in total. The molecule has 0 fully saturated rings. The number of ether oxygens (including phenoxy) is 2. The molecule has 2 N–H and O–H groups in total. The maximum Gasteiger partial charge on any atom is 0.338 e. The molecule has 6 heteroatoms. The number of benzene rings is 1. The Labute approximate surface area is 127 Å². The van der Waals surface area contributed by atoms with Gasteiger partial charge in [0.25, 0.3) is 0 Å². The normalized spacial score (nSPS) is 17.8. The summed E-state index contributed by atoms with van der Waals surface area (Å²) in [5.74, 6) is -1.68. The minimum Gasteiger partial charge on any atom is -0.466 e. The molecular weight excluding hydrogens is 287 g/mol. The number of hydrogen-bond donors (Lipinski definition) is 1. The molecule has 0 amide bonds. The summed E-state index contributed by atoms with van der Waals surface area (Å²) in [4.78, 5) is 12.1. The number of allylic oxidation sites excluding steroid dienone is 2. The van der Waals surface area contributed by atoms with Gasteiger partial charge >= 0.3 is 5.97 Å². The third-order valence-corrected chi connectivity index (χ3v) is 3.41. The first-order chi connectivity index (χ1) is 10.5. The number of halogens is 1. The van der Waals surface area contributed by atoms with E-state index in [4.69, 9.17) is 15.2 Å². The lowest BCUT2D eigenvalue weighted by Crippen LogP contribution is -2.25. The molecule has 2 rings (SSSR count). The second kappa shape index (κ2) is 6.31. The number of nitriles is 1. The van der Waals surface area contributed by atoms with E-state index in [1.165, 1.54) is 25.3 Å². The molecule has 0 spiro atoms. The Morgan fingerprint density at radius 2 is 2.27 bits per heavy atom. The van der Waals surface area contributed by atoms with Gasteiger partial charge in [-0.05, 0) is 17.7 Å². The average molecular weight is 302 g/mol. The molecule has 22 heavy (non-hydrogen) atoms. The van der Waals surface area contributed by atoms with Gasteiger partial charge in [0, 0.05) is 6.42 Å². The van der Waals surface area contributed by atoms with Crippen molar-refractivity contribution in [2.45, 2.75) is 19.3 Å². The van der Waals surface area contributed by atoms with Gasteiger partial charge in [-0.15, -0.1) is 0 Å². The second-order valence-electron chi connectivity index (χ2n) is 4.66. The zero-order chi connectivity index (χ0) is 16.3. The molecule has 1 aromatic carbocycles. The van der Waals surface area contributed by atoms with Gasteiger partial charge in [-0.25, -0.2) is 9.18 Å². The third kappa shape index (κ3) is 2.66. The van der Waals surface area contributed by atoms with E-state index in [2.05, 4.69) is 0 Å². The van der Waals surface area contributed by atoms with Crippen molar-refractivity contribution in [1.82, 2.24) is 0 Å². The zero-order valence-corrected chi connectivity index (χ0v) is 12.2. The van der Waals surface area contributed by atoms with Crippen molar-refractivity contribution in [2.75, 3.05) is 7.11 Å². The van der Waals surface area contributed by atoms with Crippen LogP contribution in [0.2, 0.25) is 0 Å². The lowest BCUT2D eigenvalue weighted by molar-refractivity contribution is -0.136. The number of carbonyl (C=O) groups is 1. The molecule has 0 aromatic heterocycles. The SMILES string of the molecule is CCC1=C(C(=O)OC)[C@@H](c2cccc(F)c2)C(C#N)=C(N)O1. The van der Waals surface area contributed by atoms with Crippen molar-refractivity contribution in [3.05, 3.63) is 58.4 Å². The number of nitrogens with zero attached hydrogens (tertiary/aromatic N) is 1. The van der Waals surface area contributed by atoms with Crippen molar-refractivity contribution >= 4 is 5.97 Å². The van der Waals surface area contributed by atoms with E-state index in [9.17, 15) is 14.4 Å². The predicted molar refractivity (Wildman–Crippen MR) is 76.4 cm³/mol. The average Bonchev–Trinajstić information content (AvgIpc) is 2.52. The Kier molecular flexibility index (Phi) is 4.47. The summed E-state index contributed by atoms with van der Waals surface area (Å²) in [7, 11) is 1.24. The number of rotatable bonds is 3. The molecule has 0 saturated heterocycles. The van der Waals surface area contributed by atoms with Crippen LogP contribution in [0.5, 0.6) is 0 Å². The number of esters is 1. The van der Waals surface area contributed by atoms with Crippen LogP contribution < -0.4 is 5.73 Å². The van der Waals surface area contributed by atoms with Crippen molar-refractivity contribution in [3.8, 4) is 6.07 Å². The van der Waals surface area contributed by atoms with E-state index < -0.39 is 17.7 Å². The molecule has 0 unspecified atom stereocenters. The standard InChI is InChI=1S/C16H15FN2O3/c1-3-12-14(16(20)21-2)13(11(8-18)15(19)22-12)9-5-4-6-10(17)7-9/h4-7,13H,3,19H2,1-2H3/t13-/m0/s1. The van der Waals surface area contributed by atoms with Gasteiger partial charge in [-0.3, -0.25) is 0 Å². The minimum absolute atomic E-state index is 0.0585. The van der Waals surface area contributed by atoms with Gasteiger partial charge in [0.1, 0.15) is 23.2 Å². The molecule has 1 aliphatic rings. The highest BCUT2D eigenvalue weighted by Crippen LogP contribution is 2.40. The molecular formula is C16H15FN2O3. The molecule has 0 bridgehead atoms. The fourth-order valence-electron chi connectivity index (χ4n) is 2.43. The highest BCUT2D eigenvalue weighted by molar-refractivity contribution is 5.92. The monoisotopic (exact) mass is 302 g/mol.